The number of halogens is 1. The van der Waals surface area contributed by atoms with E-state index in [0.717, 1.165) is 11.0 Å². The van der Waals surface area contributed by atoms with Crippen molar-refractivity contribution in [3.05, 3.63) is 57.8 Å². The van der Waals surface area contributed by atoms with Crippen LogP contribution in [0.5, 0.6) is 0 Å². The van der Waals surface area contributed by atoms with Gasteiger partial charge in [0.25, 0.3) is 0 Å². The van der Waals surface area contributed by atoms with E-state index in [1.54, 1.807) is 0 Å². The fraction of sp³-hybridized carbons (Fsp3) is 0.235. The first-order chi connectivity index (χ1) is 11.3. The number of pyridine rings is 1. The van der Waals surface area contributed by atoms with Crippen molar-refractivity contribution in [3.63, 3.8) is 0 Å². The van der Waals surface area contributed by atoms with Crippen molar-refractivity contribution >= 4 is 33.2 Å². The SMILES string of the molecule is CN(C)c1ccc2cc3ccc(N(C)C)cc3nc2c1.N.N.O=[N+]([O-])[O-].[Cl-].[Pt+2]. The van der Waals surface area contributed by atoms with Crippen LogP contribution in [0.15, 0.2) is 42.5 Å². The number of aromatic nitrogens is 1. The largest absolute Gasteiger partial charge is 2.00 e. The van der Waals surface area contributed by atoms with Crippen LogP contribution in [-0.2, 0) is 21.1 Å². The predicted octanol–water partition coefficient (Wildman–Crippen LogP) is 0.606. The van der Waals surface area contributed by atoms with E-state index >= 15 is 0 Å². The minimum absolute atomic E-state index is 0. The first-order valence-corrected chi connectivity index (χ1v) is 7.28. The number of fused-ring (bicyclic) bond motifs is 2. The fourth-order valence-corrected chi connectivity index (χ4v) is 2.36. The zero-order chi connectivity index (χ0) is 17.9. The molecule has 0 bridgehead atoms. The maximum atomic E-state index is 8.25. The molecule has 0 radical (unpaired) electrons. The standard InChI is InChI=1S/C17H19N3.ClH.NO3.2H3N.Pt/c1-19(2)14-7-5-12-9-13-6-8-15(20(3)4)11-17(13)18-16(12)10-14;;2-1(3)4;;;/h5-11H,1-4H3;1H;;2*1H3;/q;;-1;;;+2/p-1. The number of rotatable bonds is 2. The van der Waals surface area contributed by atoms with E-state index < -0.39 is 5.09 Å². The molecule has 0 aliphatic heterocycles. The molecule has 0 amide bonds. The Kier molecular flexibility index (Phi) is 14.2. The van der Waals surface area contributed by atoms with Crippen LogP contribution in [0.4, 0.5) is 11.4 Å². The molecule has 28 heavy (non-hydrogen) atoms. The Morgan fingerprint density at radius 1 is 0.786 bits per heavy atom. The van der Waals surface area contributed by atoms with E-state index in [0.29, 0.717) is 0 Å². The second-order valence-electron chi connectivity index (χ2n) is 5.75. The summed E-state index contributed by atoms with van der Waals surface area (Å²) in [5.41, 5.74) is 4.43. The van der Waals surface area contributed by atoms with Gasteiger partial charge >= 0.3 is 21.1 Å². The molecule has 3 aromatic rings. The summed E-state index contributed by atoms with van der Waals surface area (Å²) in [5, 5.41) is 17.1. The summed E-state index contributed by atoms with van der Waals surface area (Å²) in [7, 11) is 8.19. The molecule has 158 valence electrons. The Labute approximate surface area is 184 Å². The summed E-state index contributed by atoms with van der Waals surface area (Å²) in [6, 6.07) is 15.0. The van der Waals surface area contributed by atoms with Crippen molar-refractivity contribution in [3.8, 4) is 0 Å². The Hall–Kier alpha value is -2.19. The summed E-state index contributed by atoms with van der Waals surface area (Å²) in [5.74, 6) is 0. The normalized spacial score (nSPS) is 8.71. The molecule has 0 aliphatic rings. The van der Waals surface area contributed by atoms with Gasteiger partial charge < -0.3 is 49.8 Å². The number of benzene rings is 2. The Morgan fingerprint density at radius 2 is 1.11 bits per heavy atom. The summed E-state index contributed by atoms with van der Waals surface area (Å²) < 4.78 is 0. The van der Waals surface area contributed by atoms with Gasteiger partial charge in [0.05, 0.1) is 16.1 Å². The monoisotopic (exact) mass is 591 g/mol. The van der Waals surface area contributed by atoms with Gasteiger partial charge in [-0.25, -0.2) is 4.98 Å². The number of hydrogen-bond donors (Lipinski definition) is 2. The van der Waals surface area contributed by atoms with Crippen LogP contribution in [0.25, 0.3) is 21.8 Å². The summed E-state index contributed by atoms with van der Waals surface area (Å²) >= 11 is 0. The Balaban J connectivity index is -0.000000719. The molecule has 0 atom stereocenters. The summed E-state index contributed by atoms with van der Waals surface area (Å²) in [4.78, 5) is 17.3. The van der Waals surface area contributed by atoms with E-state index in [1.807, 2.05) is 28.2 Å². The molecule has 0 spiro atoms. The second-order valence-corrected chi connectivity index (χ2v) is 5.75. The van der Waals surface area contributed by atoms with Crippen molar-refractivity contribution in [1.82, 2.24) is 17.3 Å². The maximum absolute atomic E-state index is 8.25. The van der Waals surface area contributed by atoms with Gasteiger partial charge in [-0.3, -0.25) is 0 Å². The Morgan fingerprint density at radius 3 is 1.39 bits per heavy atom. The second kappa shape index (κ2) is 13.1. The van der Waals surface area contributed by atoms with Gasteiger partial charge in [0.2, 0.25) is 0 Å². The van der Waals surface area contributed by atoms with Crippen LogP contribution < -0.4 is 34.5 Å². The van der Waals surface area contributed by atoms with Crippen LogP contribution in [0, 0.1) is 15.3 Å². The van der Waals surface area contributed by atoms with E-state index in [2.05, 4.69) is 52.3 Å². The van der Waals surface area contributed by atoms with Crippen LogP contribution in [0.1, 0.15) is 0 Å². The number of nitrogens with zero attached hydrogens (tertiary/aromatic N) is 4. The van der Waals surface area contributed by atoms with Crippen molar-refractivity contribution in [2.45, 2.75) is 0 Å². The van der Waals surface area contributed by atoms with Crippen molar-refractivity contribution in [1.29, 1.82) is 0 Å². The zero-order valence-corrected chi connectivity index (χ0v) is 19.2. The summed E-state index contributed by atoms with van der Waals surface area (Å²) in [6.45, 7) is 0. The zero-order valence-electron chi connectivity index (χ0n) is 16.2. The van der Waals surface area contributed by atoms with Crippen molar-refractivity contribution in [2.24, 2.45) is 0 Å². The molecule has 0 fully saturated rings. The van der Waals surface area contributed by atoms with Gasteiger partial charge in [0.15, 0.2) is 0 Å². The van der Waals surface area contributed by atoms with Crippen LogP contribution in [-0.4, -0.2) is 38.3 Å². The van der Waals surface area contributed by atoms with Crippen molar-refractivity contribution in [2.75, 3.05) is 38.0 Å². The third kappa shape index (κ3) is 7.82. The van der Waals surface area contributed by atoms with Crippen LogP contribution in [0.2, 0.25) is 0 Å². The molecule has 0 unspecified atom stereocenters. The third-order valence-corrected chi connectivity index (χ3v) is 3.61. The first kappa shape index (κ1) is 30.5. The van der Waals surface area contributed by atoms with Gasteiger partial charge in [-0.2, -0.15) is 0 Å². The molecule has 2 aromatic carbocycles. The fourth-order valence-electron chi connectivity index (χ4n) is 2.36. The predicted molar refractivity (Wildman–Crippen MR) is 108 cm³/mol. The third-order valence-electron chi connectivity index (χ3n) is 3.61. The van der Waals surface area contributed by atoms with Crippen molar-refractivity contribution < 1.29 is 38.6 Å². The quantitative estimate of drug-likeness (QED) is 0.249. The van der Waals surface area contributed by atoms with Crippen LogP contribution in [0.3, 0.4) is 0 Å². The smallest absolute Gasteiger partial charge is 1.00 e. The average molecular weight is 592 g/mol. The van der Waals surface area contributed by atoms with Gasteiger partial charge in [0.1, 0.15) is 0 Å². The molecular weight excluding hydrogens is 567 g/mol. The number of anilines is 2. The number of hydrogen-bond acceptors (Lipinski definition) is 8. The molecule has 0 saturated carbocycles. The molecule has 0 aliphatic carbocycles. The minimum Gasteiger partial charge on any atom is -1.00 e. The molecule has 6 N–H and O–H groups in total. The molecule has 1 aromatic heterocycles. The molecular formula is C17H25ClN6O3Pt. The maximum Gasteiger partial charge on any atom is 2.00 e. The van der Waals surface area contributed by atoms with E-state index in [9.17, 15) is 0 Å². The molecule has 3 rings (SSSR count). The van der Waals surface area contributed by atoms with E-state index in [1.165, 1.54) is 22.1 Å². The van der Waals surface area contributed by atoms with Gasteiger partial charge in [-0.05, 0) is 30.3 Å². The summed E-state index contributed by atoms with van der Waals surface area (Å²) in [6.07, 6.45) is 0. The topological polar surface area (TPSA) is 156 Å². The average Bonchev–Trinajstić information content (AvgIpc) is 2.51. The molecule has 1 heterocycles. The molecule has 11 heteroatoms. The van der Waals surface area contributed by atoms with Gasteiger partial charge in [0, 0.05) is 50.3 Å². The molecule has 0 saturated heterocycles. The van der Waals surface area contributed by atoms with Gasteiger partial charge in [-0.1, -0.05) is 12.1 Å². The van der Waals surface area contributed by atoms with E-state index in [4.69, 9.17) is 20.3 Å². The van der Waals surface area contributed by atoms with Gasteiger partial charge in [-0.15, -0.1) is 0 Å². The first-order valence-electron chi connectivity index (χ1n) is 7.28. The van der Waals surface area contributed by atoms with Crippen LogP contribution >= 0.6 is 0 Å². The molecule has 9 nitrogen and oxygen atoms in total. The Bertz CT molecular complexity index is 828. The van der Waals surface area contributed by atoms with E-state index in [-0.39, 0.29) is 45.8 Å². The minimum atomic E-state index is -1.75.